The van der Waals surface area contributed by atoms with E-state index in [4.69, 9.17) is 10.8 Å². The molecule has 0 aliphatic carbocycles. The SMILES string of the molecule is Nc1c(C(=O)O)sc2nccc(Nc3ccccc3)c12. The number of carboxylic acid groups (broad SMARTS) is 1. The maximum absolute atomic E-state index is 11.1. The Balaban J connectivity index is 2.14. The van der Waals surface area contributed by atoms with Gasteiger partial charge in [-0.2, -0.15) is 0 Å². The van der Waals surface area contributed by atoms with Crippen LogP contribution in [0, 0.1) is 0 Å². The van der Waals surface area contributed by atoms with E-state index in [-0.39, 0.29) is 10.6 Å². The van der Waals surface area contributed by atoms with E-state index in [1.54, 1.807) is 12.3 Å². The fourth-order valence-corrected chi connectivity index (χ4v) is 2.91. The summed E-state index contributed by atoms with van der Waals surface area (Å²) in [4.78, 5) is 16.1. The van der Waals surface area contributed by atoms with Gasteiger partial charge < -0.3 is 16.2 Å². The van der Waals surface area contributed by atoms with Gasteiger partial charge in [-0.15, -0.1) is 11.3 Å². The Morgan fingerprint density at radius 2 is 2.00 bits per heavy atom. The van der Waals surface area contributed by atoms with Gasteiger partial charge in [0.1, 0.15) is 9.71 Å². The number of carboxylic acids is 1. The lowest BCUT2D eigenvalue weighted by Gasteiger charge is -2.07. The number of nitrogen functional groups attached to an aromatic ring is 1. The number of carbonyl (C=O) groups is 1. The molecule has 2 heterocycles. The third-order valence-corrected chi connectivity index (χ3v) is 3.98. The Labute approximate surface area is 118 Å². The molecule has 0 spiro atoms. The molecule has 100 valence electrons. The molecule has 20 heavy (non-hydrogen) atoms. The monoisotopic (exact) mass is 285 g/mol. The molecule has 0 fully saturated rings. The number of hydrogen-bond donors (Lipinski definition) is 3. The summed E-state index contributed by atoms with van der Waals surface area (Å²) in [6.45, 7) is 0. The third kappa shape index (κ3) is 2.06. The maximum Gasteiger partial charge on any atom is 0.348 e. The second-order valence-electron chi connectivity index (χ2n) is 4.18. The van der Waals surface area contributed by atoms with Crippen LogP contribution < -0.4 is 11.1 Å². The highest BCUT2D eigenvalue weighted by atomic mass is 32.1. The van der Waals surface area contributed by atoms with Crippen LogP contribution in [0.3, 0.4) is 0 Å². The van der Waals surface area contributed by atoms with Gasteiger partial charge in [-0.1, -0.05) is 18.2 Å². The van der Waals surface area contributed by atoms with Crippen LogP contribution in [0.25, 0.3) is 10.2 Å². The van der Waals surface area contributed by atoms with E-state index in [0.717, 1.165) is 22.7 Å². The van der Waals surface area contributed by atoms with Gasteiger partial charge in [0.25, 0.3) is 0 Å². The van der Waals surface area contributed by atoms with Gasteiger partial charge in [0.15, 0.2) is 0 Å². The topological polar surface area (TPSA) is 88.2 Å². The maximum atomic E-state index is 11.1. The second-order valence-corrected chi connectivity index (χ2v) is 5.18. The molecular formula is C14H11N3O2S. The van der Waals surface area contributed by atoms with Gasteiger partial charge >= 0.3 is 5.97 Å². The number of nitrogens with zero attached hydrogens (tertiary/aromatic N) is 1. The van der Waals surface area contributed by atoms with Crippen LogP contribution in [0.5, 0.6) is 0 Å². The molecule has 0 aliphatic heterocycles. The van der Waals surface area contributed by atoms with Crippen molar-refractivity contribution in [2.24, 2.45) is 0 Å². The first-order valence-corrected chi connectivity index (χ1v) is 6.71. The molecule has 5 nitrogen and oxygen atoms in total. The Morgan fingerprint density at radius 1 is 1.25 bits per heavy atom. The standard InChI is InChI=1S/C14H11N3O2S/c15-11-10-9(17-8-4-2-1-3-5-8)6-7-16-13(10)20-12(11)14(18)19/h1-7H,15H2,(H,16,17)(H,18,19). The number of aromatic carboxylic acids is 1. The summed E-state index contributed by atoms with van der Waals surface area (Å²) in [5, 5.41) is 13.0. The van der Waals surface area contributed by atoms with Crippen LogP contribution in [-0.2, 0) is 0 Å². The molecule has 0 saturated heterocycles. The van der Waals surface area contributed by atoms with Crippen molar-refractivity contribution in [1.29, 1.82) is 0 Å². The highest BCUT2D eigenvalue weighted by Gasteiger charge is 2.18. The molecule has 3 aromatic rings. The first-order chi connectivity index (χ1) is 9.66. The van der Waals surface area contributed by atoms with Crippen molar-refractivity contribution in [3.8, 4) is 0 Å². The number of aromatic nitrogens is 1. The summed E-state index contributed by atoms with van der Waals surface area (Å²) in [7, 11) is 0. The molecule has 0 unspecified atom stereocenters. The van der Waals surface area contributed by atoms with Crippen LogP contribution >= 0.6 is 11.3 Å². The minimum absolute atomic E-state index is 0.120. The molecular weight excluding hydrogens is 274 g/mol. The van der Waals surface area contributed by atoms with Crippen LogP contribution in [0.15, 0.2) is 42.6 Å². The smallest absolute Gasteiger partial charge is 0.348 e. The van der Waals surface area contributed by atoms with Gasteiger partial charge in [0.05, 0.1) is 16.8 Å². The number of nitrogens with two attached hydrogens (primary N) is 1. The van der Waals surface area contributed by atoms with Crippen molar-refractivity contribution in [1.82, 2.24) is 4.98 Å². The van der Waals surface area contributed by atoms with Gasteiger partial charge in [0.2, 0.25) is 0 Å². The number of pyridine rings is 1. The van der Waals surface area contributed by atoms with Crippen LogP contribution in [0.2, 0.25) is 0 Å². The number of thiophene rings is 1. The Bertz CT molecular complexity index is 784. The van der Waals surface area contributed by atoms with E-state index in [9.17, 15) is 4.79 Å². The largest absolute Gasteiger partial charge is 0.477 e. The van der Waals surface area contributed by atoms with E-state index in [1.165, 1.54) is 0 Å². The zero-order chi connectivity index (χ0) is 14.1. The Kier molecular flexibility index (Phi) is 3.00. The van der Waals surface area contributed by atoms with Crippen LogP contribution in [-0.4, -0.2) is 16.1 Å². The van der Waals surface area contributed by atoms with Gasteiger partial charge in [0, 0.05) is 11.9 Å². The molecule has 3 rings (SSSR count). The number of nitrogens with one attached hydrogen (secondary N) is 1. The van der Waals surface area contributed by atoms with E-state index >= 15 is 0 Å². The lowest BCUT2D eigenvalue weighted by Crippen LogP contribution is -1.98. The predicted octanol–water partition coefficient (Wildman–Crippen LogP) is 3.32. The molecule has 0 saturated carbocycles. The van der Waals surface area contributed by atoms with Crippen molar-refractivity contribution in [2.45, 2.75) is 0 Å². The highest BCUT2D eigenvalue weighted by molar-refractivity contribution is 7.21. The fourth-order valence-electron chi connectivity index (χ4n) is 1.99. The molecule has 6 heteroatoms. The molecule has 4 N–H and O–H groups in total. The number of hydrogen-bond acceptors (Lipinski definition) is 5. The zero-order valence-electron chi connectivity index (χ0n) is 10.3. The molecule has 0 atom stereocenters. The summed E-state index contributed by atoms with van der Waals surface area (Å²) in [6, 6.07) is 11.4. The minimum atomic E-state index is -1.03. The first kappa shape index (κ1) is 12.4. The number of para-hydroxylation sites is 1. The number of anilines is 3. The van der Waals surface area contributed by atoms with Crippen molar-refractivity contribution in [3.05, 3.63) is 47.5 Å². The number of fused-ring (bicyclic) bond motifs is 1. The highest BCUT2D eigenvalue weighted by Crippen LogP contribution is 2.37. The number of benzene rings is 1. The van der Waals surface area contributed by atoms with Crippen LogP contribution in [0.4, 0.5) is 17.1 Å². The van der Waals surface area contributed by atoms with Crippen LogP contribution in [0.1, 0.15) is 9.67 Å². The van der Waals surface area contributed by atoms with E-state index in [0.29, 0.717) is 10.2 Å². The summed E-state index contributed by atoms with van der Waals surface area (Å²) < 4.78 is 0. The molecule has 0 aliphatic rings. The quantitative estimate of drug-likeness (QED) is 0.687. The van der Waals surface area contributed by atoms with E-state index in [2.05, 4.69) is 10.3 Å². The van der Waals surface area contributed by atoms with Crippen molar-refractivity contribution >= 4 is 44.6 Å². The van der Waals surface area contributed by atoms with E-state index < -0.39 is 5.97 Å². The fraction of sp³-hybridized carbons (Fsp3) is 0. The second kappa shape index (κ2) is 4.82. The average Bonchev–Trinajstić information content (AvgIpc) is 2.79. The summed E-state index contributed by atoms with van der Waals surface area (Å²) in [5.74, 6) is -1.03. The Hall–Kier alpha value is -2.60. The number of rotatable bonds is 3. The van der Waals surface area contributed by atoms with Crippen molar-refractivity contribution in [2.75, 3.05) is 11.1 Å². The normalized spacial score (nSPS) is 10.6. The van der Waals surface area contributed by atoms with Crippen molar-refractivity contribution < 1.29 is 9.90 Å². The lowest BCUT2D eigenvalue weighted by atomic mass is 10.2. The van der Waals surface area contributed by atoms with Crippen molar-refractivity contribution in [3.63, 3.8) is 0 Å². The van der Waals surface area contributed by atoms with Gasteiger partial charge in [-0.05, 0) is 18.2 Å². The predicted molar refractivity (Wildman–Crippen MR) is 80.7 cm³/mol. The van der Waals surface area contributed by atoms with Gasteiger partial charge in [-0.3, -0.25) is 0 Å². The minimum Gasteiger partial charge on any atom is -0.477 e. The summed E-state index contributed by atoms with van der Waals surface area (Å²) in [6.07, 6.45) is 1.63. The summed E-state index contributed by atoms with van der Waals surface area (Å²) in [5.41, 5.74) is 7.86. The van der Waals surface area contributed by atoms with E-state index in [1.807, 2.05) is 30.3 Å². The van der Waals surface area contributed by atoms with Gasteiger partial charge in [-0.25, -0.2) is 9.78 Å². The molecule has 0 radical (unpaired) electrons. The third-order valence-electron chi connectivity index (χ3n) is 2.88. The molecule has 0 bridgehead atoms. The molecule has 0 amide bonds. The summed E-state index contributed by atoms with van der Waals surface area (Å²) >= 11 is 1.08. The zero-order valence-corrected chi connectivity index (χ0v) is 11.1. The average molecular weight is 285 g/mol. The first-order valence-electron chi connectivity index (χ1n) is 5.89. The molecule has 2 aromatic heterocycles. The lowest BCUT2D eigenvalue weighted by molar-refractivity contribution is 0.0703. The molecule has 1 aromatic carbocycles. The Morgan fingerprint density at radius 3 is 2.70 bits per heavy atom.